The highest BCUT2D eigenvalue weighted by molar-refractivity contribution is 6.00. The Kier molecular flexibility index (Phi) is 5.90. The van der Waals surface area contributed by atoms with Gasteiger partial charge in [-0.05, 0) is 19.1 Å². The maximum absolute atomic E-state index is 12.3. The molecule has 0 spiro atoms. The first-order chi connectivity index (χ1) is 11.1. The molecule has 2 amide bonds. The van der Waals surface area contributed by atoms with Crippen LogP contribution in [0.3, 0.4) is 0 Å². The van der Waals surface area contributed by atoms with Crippen LogP contribution in [-0.2, 0) is 9.59 Å². The third-order valence-corrected chi connectivity index (χ3v) is 4.08. The van der Waals surface area contributed by atoms with Gasteiger partial charge in [0, 0.05) is 37.3 Å². The van der Waals surface area contributed by atoms with Crippen LogP contribution in [0.1, 0.15) is 13.3 Å². The van der Waals surface area contributed by atoms with Crippen LogP contribution in [0.15, 0.2) is 18.2 Å². The molecule has 1 aromatic rings. The second-order valence-corrected chi connectivity index (χ2v) is 5.88. The molecule has 1 saturated heterocycles. The number of carbonyl (C=O) groups excluding carboxylic acids is 2. The summed E-state index contributed by atoms with van der Waals surface area (Å²) in [5.74, 6) is 0.757. The van der Waals surface area contributed by atoms with Gasteiger partial charge in [0.15, 0.2) is 11.5 Å². The Morgan fingerprint density at radius 2 is 2.08 bits per heavy atom. The predicted molar refractivity (Wildman–Crippen MR) is 91.8 cm³/mol. The molecule has 1 unspecified atom stereocenters. The van der Waals surface area contributed by atoms with Gasteiger partial charge in [-0.15, -0.1) is 12.4 Å². The normalized spacial score (nSPS) is 20.3. The average Bonchev–Trinajstić information content (AvgIpc) is 2.96. The van der Waals surface area contributed by atoms with Crippen molar-refractivity contribution in [3.8, 4) is 11.5 Å². The smallest absolute Gasteiger partial charge is 0.227 e. The number of anilines is 1. The number of hydrogen-bond acceptors (Lipinski definition) is 5. The number of nitrogens with zero attached hydrogens (tertiary/aromatic N) is 1. The van der Waals surface area contributed by atoms with Gasteiger partial charge in [-0.1, -0.05) is 0 Å². The van der Waals surface area contributed by atoms with E-state index in [9.17, 15) is 9.59 Å². The largest absolute Gasteiger partial charge is 0.486 e. The van der Waals surface area contributed by atoms with Crippen molar-refractivity contribution in [3.63, 3.8) is 0 Å². The van der Waals surface area contributed by atoms with Crippen molar-refractivity contribution < 1.29 is 19.1 Å². The van der Waals surface area contributed by atoms with Crippen molar-refractivity contribution in [1.29, 1.82) is 0 Å². The topological polar surface area (TPSA) is 93.9 Å². The van der Waals surface area contributed by atoms with E-state index < -0.39 is 0 Å². The first-order valence-corrected chi connectivity index (χ1v) is 7.79. The quantitative estimate of drug-likeness (QED) is 0.829. The number of rotatable bonds is 4. The zero-order valence-electron chi connectivity index (χ0n) is 13.5. The Hall–Kier alpha value is -1.99. The Bertz CT molecular complexity index is 625. The van der Waals surface area contributed by atoms with Crippen LogP contribution in [0.2, 0.25) is 0 Å². The van der Waals surface area contributed by atoms with Gasteiger partial charge in [-0.25, -0.2) is 0 Å². The number of nitrogens with one attached hydrogen (secondary N) is 1. The van der Waals surface area contributed by atoms with Crippen LogP contribution in [0.25, 0.3) is 0 Å². The van der Waals surface area contributed by atoms with Crippen molar-refractivity contribution in [1.82, 2.24) is 5.32 Å². The van der Waals surface area contributed by atoms with Gasteiger partial charge in [0.1, 0.15) is 13.2 Å². The van der Waals surface area contributed by atoms with E-state index in [4.69, 9.17) is 15.2 Å². The molecule has 2 atom stereocenters. The van der Waals surface area contributed by atoms with Crippen molar-refractivity contribution in [2.24, 2.45) is 11.7 Å². The number of amides is 2. The molecule has 8 heteroatoms. The minimum absolute atomic E-state index is 0. The first kappa shape index (κ1) is 18.4. The monoisotopic (exact) mass is 355 g/mol. The van der Waals surface area contributed by atoms with Gasteiger partial charge >= 0.3 is 0 Å². The minimum atomic E-state index is -0.357. The lowest BCUT2D eigenvalue weighted by molar-refractivity contribution is -0.126. The number of ether oxygens (including phenoxy) is 2. The highest BCUT2D eigenvalue weighted by atomic mass is 35.5. The van der Waals surface area contributed by atoms with Gasteiger partial charge in [0.2, 0.25) is 11.8 Å². The Labute approximate surface area is 146 Å². The molecule has 24 heavy (non-hydrogen) atoms. The van der Waals surface area contributed by atoms with E-state index in [0.29, 0.717) is 37.8 Å². The summed E-state index contributed by atoms with van der Waals surface area (Å²) < 4.78 is 11.0. The van der Waals surface area contributed by atoms with Crippen LogP contribution in [0.5, 0.6) is 11.5 Å². The van der Waals surface area contributed by atoms with E-state index in [0.717, 1.165) is 5.69 Å². The second kappa shape index (κ2) is 7.72. The molecule has 1 aromatic carbocycles. The zero-order chi connectivity index (χ0) is 16.4. The highest BCUT2D eigenvalue weighted by Crippen LogP contribution is 2.35. The summed E-state index contributed by atoms with van der Waals surface area (Å²) in [6.45, 7) is 3.59. The van der Waals surface area contributed by atoms with Gasteiger partial charge in [0.05, 0.1) is 5.92 Å². The molecule has 0 radical (unpaired) electrons. The van der Waals surface area contributed by atoms with Crippen LogP contribution in [-0.4, -0.2) is 44.2 Å². The lowest BCUT2D eigenvalue weighted by atomic mass is 10.1. The lowest BCUT2D eigenvalue weighted by Gasteiger charge is -2.22. The van der Waals surface area contributed by atoms with Gasteiger partial charge in [-0.2, -0.15) is 0 Å². The molecule has 2 heterocycles. The molecule has 1 fully saturated rings. The van der Waals surface area contributed by atoms with E-state index in [2.05, 4.69) is 5.32 Å². The van der Waals surface area contributed by atoms with E-state index in [1.165, 1.54) is 0 Å². The molecule has 7 nitrogen and oxygen atoms in total. The minimum Gasteiger partial charge on any atom is -0.486 e. The van der Waals surface area contributed by atoms with E-state index in [1.54, 1.807) is 17.0 Å². The summed E-state index contributed by atoms with van der Waals surface area (Å²) in [7, 11) is 0. The van der Waals surface area contributed by atoms with Crippen LogP contribution < -0.4 is 25.4 Å². The highest BCUT2D eigenvalue weighted by Gasteiger charge is 2.35. The fourth-order valence-electron chi connectivity index (χ4n) is 2.75. The van der Waals surface area contributed by atoms with E-state index in [-0.39, 0.29) is 42.6 Å². The number of benzene rings is 1. The van der Waals surface area contributed by atoms with E-state index >= 15 is 0 Å². The molecule has 0 bridgehead atoms. The summed E-state index contributed by atoms with van der Waals surface area (Å²) in [6, 6.07) is 5.30. The van der Waals surface area contributed by atoms with Gasteiger partial charge < -0.3 is 25.4 Å². The number of hydrogen-bond donors (Lipinski definition) is 2. The molecule has 3 N–H and O–H groups in total. The van der Waals surface area contributed by atoms with Gasteiger partial charge in [0.25, 0.3) is 0 Å². The molecule has 0 aliphatic carbocycles. The standard InChI is InChI=1S/C16H21N3O4.ClH/c1-10(8-17)18-16(21)11-6-15(20)19(9-11)12-2-3-13-14(7-12)23-5-4-22-13;/h2-3,7,10-11H,4-6,8-9,17H2,1H3,(H,18,21);1H/t10-,11?;/m0./s1. The van der Waals surface area contributed by atoms with Crippen molar-refractivity contribution in [2.75, 3.05) is 31.2 Å². The number of fused-ring (bicyclic) bond motifs is 1. The number of nitrogens with two attached hydrogens (primary N) is 1. The molecule has 3 rings (SSSR count). The van der Waals surface area contributed by atoms with Crippen LogP contribution in [0, 0.1) is 5.92 Å². The second-order valence-electron chi connectivity index (χ2n) is 5.88. The number of halogens is 1. The van der Waals surface area contributed by atoms with Crippen LogP contribution >= 0.6 is 12.4 Å². The maximum Gasteiger partial charge on any atom is 0.227 e. The SMILES string of the molecule is C[C@@H](CN)NC(=O)C1CC(=O)N(c2ccc3c(c2)OCCO3)C1.Cl. The van der Waals surface area contributed by atoms with Crippen LogP contribution in [0.4, 0.5) is 5.69 Å². The Balaban J connectivity index is 0.00000208. The van der Waals surface area contributed by atoms with Crippen molar-refractivity contribution in [3.05, 3.63) is 18.2 Å². The molecule has 2 aliphatic rings. The predicted octanol–water partition coefficient (Wildman–Crippen LogP) is 0.696. The molecular formula is C16H22ClN3O4. The summed E-state index contributed by atoms with van der Waals surface area (Å²) in [5.41, 5.74) is 6.24. The summed E-state index contributed by atoms with van der Waals surface area (Å²) in [5, 5.41) is 2.83. The third-order valence-electron chi connectivity index (χ3n) is 4.08. The molecular weight excluding hydrogens is 334 g/mol. The summed E-state index contributed by atoms with van der Waals surface area (Å²) >= 11 is 0. The fraction of sp³-hybridized carbons (Fsp3) is 0.500. The molecule has 0 aromatic heterocycles. The molecule has 2 aliphatic heterocycles. The third kappa shape index (κ3) is 3.73. The first-order valence-electron chi connectivity index (χ1n) is 7.79. The van der Waals surface area contributed by atoms with Crippen molar-refractivity contribution in [2.45, 2.75) is 19.4 Å². The summed E-state index contributed by atoms with van der Waals surface area (Å²) in [6.07, 6.45) is 0.206. The zero-order valence-corrected chi connectivity index (χ0v) is 14.3. The maximum atomic E-state index is 12.3. The van der Waals surface area contributed by atoms with Crippen molar-refractivity contribution >= 4 is 29.9 Å². The Morgan fingerprint density at radius 1 is 1.38 bits per heavy atom. The Morgan fingerprint density at radius 3 is 2.79 bits per heavy atom. The van der Waals surface area contributed by atoms with E-state index in [1.807, 2.05) is 13.0 Å². The lowest BCUT2D eigenvalue weighted by Crippen LogP contribution is -2.41. The fourth-order valence-corrected chi connectivity index (χ4v) is 2.75. The average molecular weight is 356 g/mol. The van der Waals surface area contributed by atoms with Gasteiger partial charge in [-0.3, -0.25) is 9.59 Å². The number of carbonyl (C=O) groups is 2. The molecule has 132 valence electrons. The molecule has 0 saturated carbocycles. The summed E-state index contributed by atoms with van der Waals surface area (Å²) in [4.78, 5) is 26.1.